The van der Waals surface area contributed by atoms with Crippen molar-refractivity contribution in [1.29, 1.82) is 0 Å². The molecule has 0 saturated carbocycles. The molecule has 6 heteroatoms. The summed E-state index contributed by atoms with van der Waals surface area (Å²) in [5, 5.41) is 3.04. The van der Waals surface area contributed by atoms with Gasteiger partial charge in [-0.25, -0.2) is 4.99 Å². The number of aliphatic imine (C=N–C) groups is 1. The van der Waals surface area contributed by atoms with Crippen molar-refractivity contribution in [2.75, 3.05) is 12.4 Å². The first kappa shape index (κ1) is 19.2. The molecule has 0 bridgehead atoms. The monoisotopic (exact) mass is 381 g/mol. The van der Waals surface area contributed by atoms with Crippen molar-refractivity contribution in [2.45, 2.75) is 31.9 Å². The van der Waals surface area contributed by atoms with Crippen LogP contribution < -0.4 is 5.32 Å². The van der Waals surface area contributed by atoms with E-state index in [1.54, 1.807) is 7.05 Å². The molecule has 27 heavy (non-hydrogen) atoms. The molecule has 1 aliphatic rings. The Kier molecular flexibility index (Phi) is 5.96. The van der Waals surface area contributed by atoms with E-state index in [-0.39, 0.29) is 18.2 Å². The topological polar surface area (TPSA) is 61.8 Å². The number of nitrogens with one attached hydrogen (secondary N) is 1. The summed E-state index contributed by atoms with van der Waals surface area (Å²) >= 11 is 1.34. The van der Waals surface area contributed by atoms with Crippen molar-refractivity contribution in [1.82, 2.24) is 4.90 Å². The van der Waals surface area contributed by atoms with Crippen LogP contribution in [0.4, 0.5) is 11.4 Å². The maximum atomic E-state index is 12.5. The van der Waals surface area contributed by atoms with Gasteiger partial charge in [0.15, 0.2) is 5.17 Å². The molecular formula is C21H23N3O2S. The predicted octanol–water partition coefficient (Wildman–Crippen LogP) is 4.15. The molecule has 2 amide bonds. The summed E-state index contributed by atoms with van der Waals surface area (Å²) in [5.41, 5.74) is 3.84. The second-order valence-electron chi connectivity index (χ2n) is 6.49. The van der Waals surface area contributed by atoms with Crippen LogP contribution in [-0.2, 0) is 16.0 Å². The molecule has 1 saturated heterocycles. The molecule has 0 unspecified atom stereocenters. The average Bonchev–Trinajstić information content (AvgIpc) is 2.92. The van der Waals surface area contributed by atoms with Crippen LogP contribution in [0.25, 0.3) is 0 Å². The van der Waals surface area contributed by atoms with Gasteiger partial charge in [-0.3, -0.25) is 14.5 Å². The Balaban J connectivity index is 1.66. The first-order valence-electron chi connectivity index (χ1n) is 8.95. The van der Waals surface area contributed by atoms with Crippen LogP contribution in [0.1, 0.15) is 24.5 Å². The summed E-state index contributed by atoms with van der Waals surface area (Å²) in [5.74, 6) is -0.264. The van der Waals surface area contributed by atoms with E-state index in [1.165, 1.54) is 22.2 Å². The molecule has 5 nitrogen and oxygen atoms in total. The summed E-state index contributed by atoms with van der Waals surface area (Å²) in [4.78, 5) is 31.0. The number of rotatable bonds is 5. The predicted molar refractivity (Wildman–Crippen MR) is 111 cm³/mol. The Hall–Kier alpha value is -2.60. The number of benzene rings is 2. The number of carbonyl (C=O) groups excluding carboxylic acids is 2. The molecule has 140 valence electrons. The summed E-state index contributed by atoms with van der Waals surface area (Å²) in [6.45, 7) is 4.07. The fraction of sp³-hybridized carbons (Fsp3) is 0.286. The smallest absolute Gasteiger partial charge is 0.242 e. The van der Waals surface area contributed by atoms with Crippen molar-refractivity contribution in [3.8, 4) is 0 Å². The van der Waals surface area contributed by atoms with Gasteiger partial charge in [0.1, 0.15) is 5.25 Å². The Bertz CT molecular complexity index is 877. The largest absolute Gasteiger partial charge is 0.326 e. The quantitative estimate of drug-likeness (QED) is 0.846. The zero-order chi connectivity index (χ0) is 19.4. The molecule has 0 radical (unpaired) electrons. The maximum Gasteiger partial charge on any atom is 0.242 e. The van der Waals surface area contributed by atoms with Crippen molar-refractivity contribution >= 4 is 40.1 Å². The first-order valence-corrected chi connectivity index (χ1v) is 9.83. The van der Waals surface area contributed by atoms with E-state index in [9.17, 15) is 9.59 Å². The van der Waals surface area contributed by atoms with Crippen molar-refractivity contribution in [3.05, 3.63) is 59.7 Å². The minimum Gasteiger partial charge on any atom is -0.326 e. The van der Waals surface area contributed by atoms with Gasteiger partial charge in [0.2, 0.25) is 11.8 Å². The molecule has 1 heterocycles. The number of anilines is 1. The van der Waals surface area contributed by atoms with Gasteiger partial charge >= 0.3 is 0 Å². The summed E-state index contributed by atoms with van der Waals surface area (Å²) in [6.07, 6.45) is 1.08. The Morgan fingerprint density at radius 3 is 2.56 bits per heavy atom. The zero-order valence-corrected chi connectivity index (χ0v) is 16.5. The van der Waals surface area contributed by atoms with E-state index in [0.717, 1.165) is 23.4 Å². The third-order valence-corrected chi connectivity index (χ3v) is 5.72. The number of hydrogen-bond donors (Lipinski definition) is 1. The van der Waals surface area contributed by atoms with Crippen molar-refractivity contribution < 1.29 is 9.59 Å². The maximum absolute atomic E-state index is 12.5. The lowest BCUT2D eigenvalue weighted by Crippen LogP contribution is -2.30. The van der Waals surface area contributed by atoms with Crippen LogP contribution in [0, 0.1) is 6.92 Å². The lowest BCUT2D eigenvalue weighted by molar-refractivity contribution is -0.127. The number of nitrogens with zero attached hydrogens (tertiary/aromatic N) is 2. The van der Waals surface area contributed by atoms with Gasteiger partial charge in [-0.15, -0.1) is 0 Å². The van der Waals surface area contributed by atoms with Crippen LogP contribution in [0.15, 0.2) is 53.5 Å². The first-order chi connectivity index (χ1) is 13.0. The van der Waals surface area contributed by atoms with Gasteiger partial charge in [-0.05, 0) is 42.7 Å². The van der Waals surface area contributed by atoms with Crippen LogP contribution in [0.5, 0.6) is 0 Å². The molecule has 0 spiro atoms. The molecule has 0 aromatic heterocycles. The SMILES string of the molecule is CCc1ccc(NC(=O)C[C@H]2SC(=Nc3ccccc3C)N(C)C2=O)cc1. The van der Waals surface area contributed by atoms with E-state index >= 15 is 0 Å². The molecule has 1 atom stereocenters. The van der Waals surface area contributed by atoms with E-state index in [4.69, 9.17) is 0 Å². The van der Waals surface area contributed by atoms with E-state index in [1.807, 2.05) is 55.5 Å². The number of thioether (sulfide) groups is 1. The highest BCUT2D eigenvalue weighted by Gasteiger charge is 2.37. The van der Waals surface area contributed by atoms with Crippen LogP contribution in [0.3, 0.4) is 0 Å². The number of aryl methyl sites for hydroxylation is 2. The fourth-order valence-corrected chi connectivity index (χ4v) is 3.94. The van der Waals surface area contributed by atoms with Crippen LogP contribution in [-0.4, -0.2) is 34.2 Å². The van der Waals surface area contributed by atoms with Gasteiger partial charge < -0.3 is 5.32 Å². The Morgan fingerprint density at radius 1 is 1.19 bits per heavy atom. The highest BCUT2D eigenvalue weighted by atomic mass is 32.2. The Morgan fingerprint density at radius 2 is 1.89 bits per heavy atom. The van der Waals surface area contributed by atoms with Gasteiger partial charge in [0.25, 0.3) is 0 Å². The normalized spacial score (nSPS) is 18.2. The van der Waals surface area contributed by atoms with Gasteiger partial charge in [-0.1, -0.05) is 49.0 Å². The number of amides is 2. The van der Waals surface area contributed by atoms with Gasteiger partial charge in [0, 0.05) is 19.2 Å². The lowest BCUT2D eigenvalue weighted by Gasteiger charge is -2.10. The fourth-order valence-electron chi connectivity index (χ4n) is 2.79. The average molecular weight is 382 g/mol. The number of para-hydroxylation sites is 1. The second kappa shape index (κ2) is 8.39. The van der Waals surface area contributed by atoms with Crippen molar-refractivity contribution in [3.63, 3.8) is 0 Å². The molecule has 1 N–H and O–H groups in total. The van der Waals surface area contributed by atoms with Gasteiger partial charge in [0.05, 0.1) is 5.69 Å². The summed E-state index contributed by atoms with van der Waals surface area (Å²) in [7, 11) is 1.70. The summed E-state index contributed by atoms with van der Waals surface area (Å²) in [6, 6.07) is 15.5. The number of amidine groups is 1. The van der Waals surface area contributed by atoms with Crippen LogP contribution in [0.2, 0.25) is 0 Å². The highest BCUT2D eigenvalue weighted by Crippen LogP contribution is 2.31. The minimum absolute atomic E-state index is 0.0937. The molecule has 2 aromatic carbocycles. The third kappa shape index (κ3) is 4.57. The highest BCUT2D eigenvalue weighted by molar-refractivity contribution is 8.15. The molecule has 2 aromatic rings. The van der Waals surface area contributed by atoms with Crippen LogP contribution >= 0.6 is 11.8 Å². The minimum atomic E-state index is -0.451. The molecule has 1 aliphatic heterocycles. The van der Waals surface area contributed by atoms with E-state index < -0.39 is 5.25 Å². The lowest BCUT2D eigenvalue weighted by atomic mass is 10.1. The zero-order valence-electron chi connectivity index (χ0n) is 15.7. The number of carbonyl (C=O) groups is 2. The third-order valence-electron chi connectivity index (χ3n) is 4.49. The Labute approximate surface area is 163 Å². The number of hydrogen-bond acceptors (Lipinski definition) is 4. The van der Waals surface area contributed by atoms with Gasteiger partial charge in [-0.2, -0.15) is 0 Å². The van der Waals surface area contributed by atoms with Crippen molar-refractivity contribution in [2.24, 2.45) is 4.99 Å². The molecule has 3 rings (SSSR count). The van der Waals surface area contributed by atoms with E-state index in [2.05, 4.69) is 17.2 Å². The second-order valence-corrected chi connectivity index (χ2v) is 7.66. The molecular weight excluding hydrogens is 358 g/mol. The summed E-state index contributed by atoms with van der Waals surface area (Å²) < 4.78 is 0. The van der Waals surface area contributed by atoms with E-state index in [0.29, 0.717) is 5.17 Å². The molecule has 0 aliphatic carbocycles. The molecule has 1 fully saturated rings. The standard InChI is InChI=1S/C21H23N3O2S/c1-4-15-9-11-16(12-10-15)22-19(25)13-18-20(26)24(3)21(27-18)23-17-8-6-5-7-14(17)2/h5-12,18H,4,13H2,1-3H3,(H,22,25)/t18-/m1/s1.